The first-order valence-electron chi connectivity index (χ1n) is 5.64. The van der Waals surface area contributed by atoms with Crippen molar-refractivity contribution in [2.24, 2.45) is 0 Å². The quantitative estimate of drug-likeness (QED) is 0.728. The lowest BCUT2D eigenvalue weighted by Crippen LogP contribution is -1.96. The van der Waals surface area contributed by atoms with Gasteiger partial charge in [0.15, 0.2) is 11.5 Å². The van der Waals surface area contributed by atoms with Gasteiger partial charge < -0.3 is 9.47 Å². The second-order valence-corrected chi connectivity index (χ2v) is 3.71. The highest BCUT2D eigenvalue weighted by Crippen LogP contribution is 2.31. The van der Waals surface area contributed by atoms with Crippen molar-refractivity contribution in [3.05, 3.63) is 29.8 Å². The molecule has 2 heteroatoms. The van der Waals surface area contributed by atoms with E-state index in [-0.39, 0.29) is 0 Å². The molecule has 1 aromatic rings. The van der Waals surface area contributed by atoms with Gasteiger partial charge in [0, 0.05) is 0 Å². The largest absolute Gasteiger partial charge is 0.493 e. The molecule has 0 aliphatic rings. The highest BCUT2D eigenvalue weighted by molar-refractivity contribution is 5.59. The average Bonchev–Trinajstić information content (AvgIpc) is 2.35. The number of hydrogen-bond donors (Lipinski definition) is 0. The Balaban J connectivity index is 3.09. The molecule has 0 saturated carbocycles. The summed E-state index contributed by atoms with van der Waals surface area (Å²) in [6, 6.07) is 4.03. The molecule has 0 atom stereocenters. The maximum Gasteiger partial charge on any atom is 0.161 e. The van der Waals surface area contributed by atoms with E-state index in [1.165, 1.54) is 18.4 Å². The Hall–Kier alpha value is -1.44. The number of benzene rings is 1. The molecule has 0 amide bonds. The van der Waals surface area contributed by atoms with Gasteiger partial charge in [-0.25, -0.2) is 0 Å². The van der Waals surface area contributed by atoms with Crippen molar-refractivity contribution in [1.82, 2.24) is 0 Å². The third-order valence-corrected chi connectivity index (χ3v) is 2.66. The third-order valence-electron chi connectivity index (χ3n) is 2.66. The Morgan fingerprint density at radius 2 is 1.81 bits per heavy atom. The molecule has 88 valence electrons. The minimum atomic E-state index is 0.762. The van der Waals surface area contributed by atoms with Crippen molar-refractivity contribution in [2.45, 2.75) is 26.2 Å². The van der Waals surface area contributed by atoms with Crippen LogP contribution in [0.1, 0.15) is 30.9 Å². The lowest BCUT2D eigenvalue weighted by Gasteiger charge is -2.12. The van der Waals surface area contributed by atoms with Crippen molar-refractivity contribution in [1.29, 1.82) is 0 Å². The van der Waals surface area contributed by atoms with Crippen molar-refractivity contribution in [3.8, 4) is 11.5 Å². The lowest BCUT2D eigenvalue weighted by molar-refractivity contribution is 0.354. The smallest absolute Gasteiger partial charge is 0.161 e. The molecule has 0 radical (unpaired) electrons. The van der Waals surface area contributed by atoms with E-state index in [1.807, 2.05) is 18.2 Å². The Kier molecular flexibility index (Phi) is 4.90. The molecule has 0 aliphatic carbocycles. The lowest BCUT2D eigenvalue weighted by atomic mass is 10.0. The molecule has 0 spiro atoms. The summed E-state index contributed by atoms with van der Waals surface area (Å²) in [4.78, 5) is 0. The summed E-state index contributed by atoms with van der Waals surface area (Å²) >= 11 is 0. The monoisotopic (exact) mass is 220 g/mol. The normalized spacial score (nSPS) is 9.94. The molecule has 0 heterocycles. The molecule has 0 saturated heterocycles. The van der Waals surface area contributed by atoms with Crippen LogP contribution in [-0.4, -0.2) is 14.2 Å². The van der Waals surface area contributed by atoms with Gasteiger partial charge in [-0.3, -0.25) is 0 Å². The van der Waals surface area contributed by atoms with Crippen LogP contribution in [0, 0.1) is 0 Å². The van der Waals surface area contributed by atoms with Crippen molar-refractivity contribution >= 4 is 6.08 Å². The molecule has 1 aromatic carbocycles. The fraction of sp³-hybridized carbons (Fsp3) is 0.429. The molecular weight excluding hydrogens is 200 g/mol. The number of methoxy groups -OCH3 is 2. The van der Waals surface area contributed by atoms with Crippen molar-refractivity contribution < 1.29 is 9.47 Å². The first kappa shape index (κ1) is 12.6. The second-order valence-electron chi connectivity index (χ2n) is 3.71. The fourth-order valence-corrected chi connectivity index (χ4v) is 1.71. The van der Waals surface area contributed by atoms with Crippen LogP contribution in [0.25, 0.3) is 6.08 Å². The zero-order valence-electron chi connectivity index (χ0n) is 10.4. The highest BCUT2D eigenvalue weighted by Gasteiger charge is 2.08. The summed E-state index contributed by atoms with van der Waals surface area (Å²) < 4.78 is 10.6. The summed E-state index contributed by atoms with van der Waals surface area (Å²) in [6.07, 6.45) is 5.28. The summed E-state index contributed by atoms with van der Waals surface area (Å²) in [7, 11) is 3.31. The Morgan fingerprint density at radius 1 is 1.19 bits per heavy atom. The molecular formula is C14H20O2. The van der Waals surface area contributed by atoms with Gasteiger partial charge in [-0.05, 0) is 36.1 Å². The zero-order valence-corrected chi connectivity index (χ0v) is 10.4. The van der Waals surface area contributed by atoms with E-state index in [0.717, 1.165) is 23.5 Å². The van der Waals surface area contributed by atoms with Crippen LogP contribution >= 0.6 is 0 Å². The van der Waals surface area contributed by atoms with Gasteiger partial charge >= 0.3 is 0 Å². The summed E-state index contributed by atoms with van der Waals surface area (Å²) in [5.41, 5.74) is 2.40. The van der Waals surface area contributed by atoms with Gasteiger partial charge in [-0.1, -0.05) is 26.0 Å². The first-order valence-corrected chi connectivity index (χ1v) is 5.64. The van der Waals surface area contributed by atoms with E-state index < -0.39 is 0 Å². The molecule has 16 heavy (non-hydrogen) atoms. The van der Waals surface area contributed by atoms with Gasteiger partial charge in [-0.15, -0.1) is 0 Å². The zero-order chi connectivity index (χ0) is 12.0. The van der Waals surface area contributed by atoms with E-state index in [1.54, 1.807) is 14.2 Å². The van der Waals surface area contributed by atoms with Crippen LogP contribution in [-0.2, 0) is 6.42 Å². The first-order chi connectivity index (χ1) is 7.76. The van der Waals surface area contributed by atoms with E-state index >= 15 is 0 Å². The van der Waals surface area contributed by atoms with Crippen molar-refractivity contribution in [3.63, 3.8) is 0 Å². The maximum atomic E-state index is 5.30. The number of rotatable bonds is 6. The van der Waals surface area contributed by atoms with Crippen LogP contribution in [0.15, 0.2) is 18.7 Å². The summed E-state index contributed by atoms with van der Waals surface area (Å²) in [5, 5.41) is 0. The summed E-state index contributed by atoms with van der Waals surface area (Å²) in [5.74, 6) is 1.55. The van der Waals surface area contributed by atoms with E-state index in [2.05, 4.69) is 13.5 Å². The fourth-order valence-electron chi connectivity index (χ4n) is 1.71. The molecule has 2 nitrogen and oxygen atoms in total. The molecule has 0 aromatic heterocycles. The summed E-state index contributed by atoms with van der Waals surface area (Å²) in [6.45, 7) is 6.02. The van der Waals surface area contributed by atoms with E-state index in [4.69, 9.17) is 9.47 Å². The van der Waals surface area contributed by atoms with Gasteiger partial charge in [0.25, 0.3) is 0 Å². The van der Waals surface area contributed by atoms with Crippen LogP contribution < -0.4 is 9.47 Å². The molecule has 0 unspecified atom stereocenters. The average molecular weight is 220 g/mol. The Labute approximate surface area is 97.9 Å². The third kappa shape index (κ3) is 2.78. The SMILES string of the molecule is C=Cc1cc(OC)c(OC)cc1CCCC. The highest BCUT2D eigenvalue weighted by atomic mass is 16.5. The molecule has 0 N–H and O–H groups in total. The van der Waals surface area contributed by atoms with Crippen LogP contribution in [0.2, 0.25) is 0 Å². The Morgan fingerprint density at radius 3 is 2.31 bits per heavy atom. The van der Waals surface area contributed by atoms with Crippen LogP contribution in [0.5, 0.6) is 11.5 Å². The molecule has 0 aliphatic heterocycles. The second kappa shape index (κ2) is 6.21. The molecule has 0 fully saturated rings. The van der Waals surface area contributed by atoms with Crippen LogP contribution in [0.3, 0.4) is 0 Å². The number of aryl methyl sites for hydroxylation is 1. The predicted molar refractivity (Wildman–Crippen MR) is 68.2 cm³/mol. The number of hydrogen-bond acceptors (Lipinski definition) is 2. The van der Waals surface area contributed by atoms with Crippen molar-refractivity contribution in [2.75, 3.05) is 14.2 Å². The predicted octanol–water partition coefficient (Wildman–Crippen LogP) is 3.69. The molecule has 1 rings (SSSR count). The van der Waals surface area contributed by atoms with Gasteiger partial charge in [0.05, 0.1) is 14.2 Å². The number of unbranched alkanes of at least 4 members (excludes halogenated alkanes) is 1. The van der Waals surface area contributed by atoms with Gasteiger partial charge in [-0.2, -0.15) is 0 Å². The van der Waals surface area contributed by atoms with E-state index in [0.29, 0.717) is 0 Å². The van der Waals surface area contributed by atoms with Gasteiger partial charge in [0.2, 0.25) is 0 Å². The number of ether oxygens (including phenoxy) is 2. The molecule has 0 bridgehead atoms. The standard InChI is InChI=1S/C14H20O2/c1-5-7-8-12-10-14(16-4)13(15-3)9-11(12)6-2/h6,9-10H,2,5,7-8H2,1,3-4H3. The van der Waals surface area contributed by atoms with Gasteiger partial charge in [0.1, 0.15) is 0 Å². The minimum absolute atomic E-state index is 0.762. The topological polar surface area (TPSA) is 18.5 Å². The minimum Gasteiger partial charge on any atom is -0.493 e. The maximum absolute atomic E-state index is 5.30. The van der Waals surface area contributed by atoms with E-state index in [9.17, 15) is 0 Å². The Bertz CT molecular complexity index is 356. The van der Waals surface area contributed by atoms with Crippen LogP contribution in [0.4, 0.5) is 0 Å².